The predicted molar refractivity (Wildman–Crippen MR) is 82.0 cm³/mol. The molecule has 0 N–H and O–H groups in total. The van der Waals surface area contributed by atoms with Gasteiger partial charge in [0.25, 0.3) is 0 Å². The first-order valence-electron chi connectivity index (χ1n) is 6.77. The lowest BCUT2D eigenvalue weighted by atomic mass is 10.0. The first-order chi connectivity index (χ1) is 9.21. The van der Waals surface area contributed by atoms with Crippen LogP contribution >= 0.6 is 0 Å². The molecular formula is C17H23NO2. The van der Waals surface area contributed by atoms with Crippen LogP contribution in [0.1, 0.15) is 46.6 Å². The summed E-state index contributed by atoms with van der Waals surface area (Å²) in [6, 6.07) is 9.89. The van der Waals surface area contributed by atoms with Crippen molar-refractivity contribution in [3.8, 4) is 0 Å². The van der Waals surface area contributed by atoms with Crippen molar-refractivity contribution in [2.45, 2.75) is 46.6 Å². The van der Waals surface area contributed by atoms with Gasteiger partial charge in [0.2, 0.25) is 5.91 Å². The molecule has 1 aromatic rings. The number of rotatable bonds is 4. The number of benzene rings is 1. The molecule has 1 amide bonds. The van der Waals surface area contributed by atoms with E-state index < -0.39 is 0 Å². The van der Waals surface area contributed by atoms with Crippen LogP contribution in [0.4, 0.5) is 0 Å². The summed E-state index contributed by atoms with van der Waals surface area (Å²) in [6.45, 7) is 9.28. The standard InChI is InChI=1S/C17H23NO2/c1-13(15-9-7-6-8-10-15)12-18(17(3,4)5)16(20)11-14(2)19/h6-10,12H,11H2,1-5H3/b13-12+. The Balaban J connectivity index is 3.07. The lowest BCUT2D eigenvalue weighted by molar-refractivity contribution is -0.135. The van der Waals surface area contributed by atoms with E-state index >= 15 is 0 Å². The van der Waals surface area contributed by atoms with Crippen LogP contribution in [0.25, 0.3) is 5.57 Å². The van der Waals surface area contributed by atoms with Crippen LogP contribution in [0, 0.1) is 0 Å². The molecule has 0 atom stereocenters. The highest BCUT2D eigenvalue weighted by atomic mass is 16.2. The molecule has 0 aromatic heterocycles. The zero-order valence-electron chi connectivity index (χ0n) is 12.9. The zero-order valence-corrected chi connectivity index (χ0v) is 12.9. The zero-order chi connectivity index (χ0) is 15.3. The minimum absolute atomic E-state index is 0.0597. The average molecular weight is 273 g/mol. The molecule has 0 aliphatic heterocycles. The molecule has 0 bridgehead atoms. The number of carbonyl (C=O) groups excluding carboxylic acids is 2. The molecule has 3 heteroatoms. The van der Waals surface area contributed by atoms with Crippen molar-refractivity contribution in [2.75, 3.05) is 0 Å². The Bertz CT molecular complexity index is 510. The maximum atomic E-state index is 12.2. The fraction of sp³-hybridized carbons (Fsp3) is 0.412. The second-order valence-electron chi connectivity index (χ2n) is 5.99. The van der Waals surface area contributed by atoms with E-state index in [-0.39, 0.29) is 23.7 Å². The average Bonchev–Trinajstić information content (AvgIpc) is 2.34. The lowest BCUT2D eigenvalue weighted by Crippen LogP contribution is -2.42. The van der Waals surface area contributed by atoms with Gasteiger partial charge in [0.05, 0.1) is 6.42 Å². The van der Waals surface area contributed by atoms with Crippen molar-refractivity contribution in [2.24, 2.45) is 0 Å². The molecule has 0 saturated carbocycles. The summed E-state index contributed by atoms with van der Waals surface area (Å²) in [5.74, 6) is -0.282. The number of allylic oxidation sites excluding steroid dienone is 1. The molecule has 1 aromatic carbocycles. The number of Topliss-reactive ketones (excluding diaryl/α,β-unsaturated/α-hetero) is 1. The van der Waals surface area contributed by atoms with E-state index in [1.165, 1.54) is 6.92 Å². The molecule has 3 nitrogen and oxygen atoms in total. The van der Waals surface area contributed by atoms with Crippen molar-refractivity contribution in [1.82, 2.24) is 4.90 Å². The molecule has 108 valence electrons. The summed E-state index contributed by atoms with van der Waals surface area (Å²) in [5, 5.41) is 0. The fourth-order valence-corrected chi connectivity index (χ4v) is 1.91. The van der Waals surface area contributed by atoms with Crippen LogP contribution in [0.2, 0.25) is 0 Å². The minimum Gasteiger partial charge on any atom is -0.313 e. The summed E-state index contributed by atoms with van der Waals surface area (Å²) < 4.78 is 0. The number of ketones is 1. The molecular weight excluding hydrogens is 250 g/mol. The topological polar surface area (TPSA) is 37.4 Å². The Morgan fingerprint density at radius 3 is 2.10 bits per heavy atom. The number of carbonyl (C=O) groups is 2. The maximum Gasteiger partial charge on any atom is 0.234 e. The van der Waals surface area contributed by atoms with Gasteiger partial charge in [-0.15, -0.1) is 0 Å². The number of nitrogens with zero attached hydrogens (tertiary/aromatic N) is 1. The normalized spacial score (nSPS) is 12.2. The third kappa shape index (κ3) is 4.65. The van der Waals surface area contributed by atoms with Gasteiger partial charge in [0.1, 0.15) is 5.78 Å². The van der Waals surface area contributed by atoms with Crippen molar-refractivity contribution < 1.29 is 9.59 Å². The highest BCUT2D eigenvalue weighted by Gasteiger charge is 2.25. The summed E-state index contributed by atoms with van der Waals surface area (Å²) in [7, 11) is 0. The van der Waals surface area contributed by atoms with E-state index in [4.69, 9.17) is 0 Å². The van der Waals surface area contributed by atoms with Gasteiger partial charge in [-0.05, 0) is 45.8 Å². The van der Waals surface area contributed by atoms with E-state index in [9.17, 15) is 9.59 Å². The van der Waals surface area contributed by atoms with Crippen LogP contribution < -0.4 is 0 Å². The van der Waals surface area contributed by atoms with Gasteiger partial charge in [-0.1, -0.05) is 30.3 Å². The number of hydrogen-bond acceptors (Lipinski definition) is 2. The van der Waals surface area contributed by atoms with E-state index in [1.807, 2.05) is 64.2 Å². The third-order valence-electron chi connectivity index (χ3n) is 2.94. The van der Waals surface area contributed by atoms with Crippen molar-refractivity contribution in [3.05, 3.63) is 42.1 Å². The van der Waals surface area contributed by atoms with Crippen molar-refractivity contribution in [3.63, 3.8) is 0 Å². The molecule has 0 heterocycles. The second kappa shape index (κ2) is 6.51. The minimum atomic E-state index is -0.359. The summed E-state index contributed by atoms with van der Waals surface area (Å²) in [4.78, 5) is 25.1. The monoisotopic (exact) mass is 273 g/mol. The van der Waals surface area contributed by atoms with Gasteiger partial charge in [-0.2, -0.15) is 0 Å². The summed E-state index contributed by atoms with van der Waals surface area (Å²) >= 11 is 0. The highest BCUT2D eigenvalue weighted by molar-refractivity contribution is 5.97. The van der Waals surface area contributed by atoms with Crippen LogP contribution in [0.5, 0.6) is 0 Å². The van der Waals surface area contributed by atoms with Crippen LogP contribution in [0.15, 0.2) is 36.5 Å². The Labute approximate surface area is 121 Å². The first kappa shape index (κ1) is 16.2. The van der Waals surface area contributed by atoms with Crippen LogP contribution in [-0.4, -0.2) is 22.1 Å². The van der Waals surface area contributed by atoms with Crippen LogP contribution in [-0.2, 0) is 9.59 Å². The van der Waals surface area contributed by atoms with Gasteiger partial charge in [0, 0.05) is 11.7 Å². The predicted octanol–water partition coefficient (Wildman–Crippen LogP) is 3.65. The van der Waals surface area contributed by atoms with E-state index in [0.29, 0.717) is 0 Å². The highest BCUT2D eigenvalue weighted by Crippen LogP contribution is 2.21. The molecule has 0 aliphatic carbocycles. The molecule has 0 saturated heterocycles. The van der Waals surface area contributed by atoms with Gasteiger partial charge in [0.15, 0.2) is 0 Å². The van der Waals surface area contributed by atoms with Gasteiger partial charge >= 0.3 is 0 Å². The van der Waals surface area contributed by atoms with Gasteiger partial charge < -0.3 is 4.90 Å². The largest absolute Gasteiger partial charge is 0.313 e. The quantitative estimate of drug-likeness (QED) is 0.785. The Kier molecular flexibility index (Phi) is 5.26. The van der Waals surface area contributed by atoms with Crippen molar-refractivity contribution in [1.29, 1.82) is 0 Å². The van der Waals surface area contributed by atoms with Crippen LogP contribution in [0.3, 0.4) is 0 Å². The molecule has 0 spiro atoms. The maximum absolute atomic E-state index is 12.2. The molecule has 1 rings (SSSR count). The fourth-order valence-electron chi connectivity index (χ4n) is 1.91. The molecule has 20 heavy (non-hydrogen) atoms. The Morgan fingerprint density at radius 1 is 1.10 bits per heavy atom. The lowest BCUT2D eigenvalue weighted by Gasteiger charge is -2.33. The number of amides is 1. The van der Waals surface area contributed by atoms with Gasteiger partial charge in [-0.3, -0.25) is 9.59 Å². The third-order valence-corrected chi connectivity index (χ3v) is 2.94. The Morgan fingerprint density at radius 2 is 1.65 bits per heavy atom. The van der Waals surface area contributed by atoms with E-state index in [0.717, 1.165) is 11.1 Å². The first-order valence-corrected chi connectivity index (χ1v) is 6.77. The second-order valence-corrected chi connectivity index (χ2v) is 5.99. The Hall–Kier alpha value is -1.90. The van der Waals surface area contributed by atoms with Crippen molar-refractivity contribution >= 4 is 17.3 Å². The summed E-state index contributed by atoms with van der Waals surface area (Å²) in [5.41, 5.74) is 1.71. The van der Waals surface area contributed by atoms with E-state index in [1.54, 1.807) is 4.90 Å². The SMILES string of the molecule is CC(=O)CC(=O)N(/C=C(\C)c1ccccc1)C(C)(C)C. The number of hydrogen-bond donors (Lipinski definition) is 0. The smallest absolute Gasteiger partial charge is 0.234 e. The molecule has 0 fully saturated rings. The summed E-state index contributed by atoms with van der Waals surface area (Å²) in [6.07, 6.45) is 1.77. The molecule has 0 radical (unpaired) electrons. The van der Waals surface area contributed by atoms with Gasteiger partial charge in [-0.25, -0.2) is 0 Å². The van der Waals surface area contributed by atoms with E-state index in [2.05, 4.69) is 0 Å². The molecule has 0 unspecified atom stereocenters. The molecule has 0 aliphatic rings.